The molecule has 0 saturated carbocycles. The predicted molar refractivity (Wildman–Crippen MR) is 91.0 cm³/mol. The van der Waals surface area contributed by atoms with Crippen LogP contribution in [0.25, 0.3) is 10.9 Å². The number of aliphatic imine (C=N–C) groups is 1. The third-order valence-electron chi connectivity index (χ3n) is 3.34. The molecule has 0 saturated heterocycles. The van der Waals surface area contributed by atoms with E-state index in [-0.39, 0.29) is 0 Å². The standard InChI is InChI=1S/C17H26N4/c1-5-18-17(21-12(2)3)19-9-8-14-11-20-16-10-13(4)6-7-15(14)16/h6-7,10-12,20H,5,8-9H2,1-4H3,(H2,18,19,21). The lowest BCUT2D eigenvalue weighted by Gasteiger charge is -2.13. The summed E-state index contributed by atoms with van der Waals surface area (Å²) in [6.45, 7) is 10.1. The van der Waals surface area contributed by atoms with Gasteiger partial charge < -0.3 is 15.6 Å². The minimum atomic E-state index is 0.388. The van der Waals surface area contributed by atoms with Crippen LogP contribution in [0.3, 0.4) is 0 Å². The third-order valence-corrected chi connectivity index (χ3v) is 3.34. The van der Waals surface area contributed by atoms with E-state index < -0.39 is 0 Å². The molecule has 0 amide bonds. The van der Waals surface area contributed by atoms with Crippen LogP contribution in [0.5, 0.6) is 0 Å². The van der Waals surface area contributed by atoms with E-state index in [0.29, 0.717) is 6.04 Å². The maximum atomic E-state index is 4.63. The van der Waals surface area contributed by atoms with Gasteiger partial charge in [0.05, 0.1) is 0 Å². The number of nitrogens with zero attached hydrogens (tertiary/aromatic N) is 1. The van der Waals surface area contributed by atoms with Crippen LogP contribution in [0.4, 0.5) is 0 Å². The average molecular weight is 286 g/mol. The van der Waals surface area contributed by atoms with Gasteiger partial charge >= 0.3 is 0 Å². The molecule has 0 atom stereocenters. The summed E-state index contributed by atoms with van der Waals surface area (Å²) in [7, 11) is 0. The van der Waals surface area contributed by atoms with Gasteiger partial charge in [0.1, 0.15) is 0 Å². The lowest BCUT2D eigenvalue weighted by atomic mass is 10.1. The number of benzene rings is 1. The number of hydrogen-bond donors (Lipinski definition) is 3. The first kappa shape index (κ1) is 15.4. The Bertz CT molecular complexity index is 610. The lowest BCUT2D eigenvalue weighted by Crippen LogP contribution is -2.41. The number of rotatable bonds is 5. The van der Waals surface area contributed by atoms with E-state index >= 15 is 0 Å². The molecule has 0 radical (unpaired) electrons. The number of aromatic amines is 1. The van der Waals surface area contributed by atoms with Crippen molar-refractivity contribution in [3.05, 3.63) is 35.5 Å². The van der Waals surface area contributed by atoms with Gasteiger partial charge in [0.2, 0.25) is 0 Å². The van der Waals surface area contributed by atoms with Gasteiger partial charge in [-0.05, 0) is 51.3 Å². The second kappa shape index (κ2) is 7.16. The van der Waals surface area contributed by atoms with Crippen LogP contribution in [0.1, 0.15) is 31.9 Å². The Labute approximate surface area is 127 Å². The summed E-state index contributed by atoms with van der Waals surface area (Å²) in [5, 5.41) is 7.91. The van der Waals surface area contributed by atoms with Crippen molar-refractivity contribution in [1.82, 2.24) is 15.6 Å². The molecule has 4 heteroatoms. The molecule has 21 heavy (non-hydrogen) atoms. The topological polar surface area (TPSA) is 52.2 Å². The van der Waals surface area contributed by atoms with Gasteiger partial charge in [0.25, 0.3) is 0 Å². The summed E-state index contributed by atoms with van der Waals surface area (Å²) in [5.41, 5.74) is 3.82. The van der Waals surface area contributed by atoms with Gasteiger partial charge in [0.15, 0.2) is 5.96 Å². The number of aryl methyl sites for hydroxylation is 1. The molecule has 0 aliphatic heterocycles. The first-order valence-corrected chi connectivity index (χ1v) is 7.71. The molecule has 0 bridgehead atoms. The summed E-state index contributed by atoms with van der Waals surface area (Å²) < 4.78 is 0. The SMILES string of the molecule is CCNC(=NCCc1c[nH]c2cc(C)ccc12)NC(C)C. The van der Waals surface area contributed by atoms with Crippen molar-refractivity contribution in [2.75, 3.05) is 13.1 Å². The Morgan fingerprint density at radius 1 is 1.33 bits per heavy atom. The van der Waals surface area contributed by atoms with E-state index in [0.717, 1.165) is 25.5 Å². The molecule has 2 rings (SSSR count). The zero-order valence-corrected chi connectivity index (χ0v) is 13.5. The highest BCUT2D eigenvalue weighted by Gasteiger charge is 2.04. The molecule has 0 aliphatic carbocycles. The van der Waals surface area contributed by atoms with Crippen molar-refractivity contribution < 1.29 is 0 Å². The Morgan fingerprint density at radius 3 is 2.86 bits per heavy atom. The van der Waals surface area contributed by atoms with Crippen LogP contribution in [0.2, 0.25) is 0 Å². The predicted octanol–water partition coefficient (Wildman–Crippen LogP) is 2.98. The molecule has 0 fully saturated rings. The number of nitrogens with one attached hydrogen (secondary N) is 3. The molecule has 0 unspecified atom stereocenters. The number of aromatic nitrogens is 1. The molecular weight excluding hydrogens is 260 g/mol. The van der Waals surface area contributed by atoms with E-state index in [1.807, 2.05) is 0 Å². The number of hydrogen-bond acceptors (Lipinski definition) is 1. The van der Waals surface area contributed by atoms with Crippen molar-refractivity contribution in [3.8, 4) is 0 Å². The highest BCUT2D eigenvalue weighted by molar-refractivity contribution is 5.84. The van der Waals surface area contributed by atoms with Crippen LogP contribution in [0, 0.1) is 6.92 Å². The quantitative estimate of drug-likeness (QED) is 0.584. The van der Waals surface area contributed by atoms with Crippen LogP contribution in [0.15, 0.2) is 29.4 Å². The third kappa shape index (κ3) is 4.25. The van der Waals surface area contributed by atoms with Crippen molar-refractivity contribution >= 4 is 16.9 Å². The maximum Gasteiger partial charge on any atom is 0.191 e. The van der Waals surface area contributed by atoms with Gasteiger partial charge in [-0.2, -0.15) is 0 Å². The fourth-order valence-electron chi connectivity index (χ4n) is 2.39. The van der Waals surface area contributed by atoms with Gasteiger partial charge in [-0.1, -0.05) is 12.1 Å². The smallest absolute Gasteiger partial charge is 0.191 e. The highest BCUT2D eigenvalue weighted by atomic mass is 15.2. The largest absolute Gasteiger partial charge is 0.361 e. The Hall–Kier alpha value is -1.97. The van der Waals surface area contributed by atoms with E-state index in [1.165, 1.54) is 22.0 Å². The van der Waals surface area contributed by atoms with Crippen molar-refractivity contribution in [3.63, 3.8) is 0 Å². The summed E-state index contributed by atoms with van der Waals surface area (Å²) in [4.78, 5) is 7.98. The molecule has 1 aromatic carbocycles. The summed E-state index contributed by atoms with van der Waals surface area (Å²) in [6.07, 6.45) is 3.04. The number of fused-ring (bicyclic) bond motifs is 1. The molecule has 0 spiro atoms. The first-order valence-electron chi connectivity index (χ1n) is 7.71. The fraction of sp³-hybridized carbons (Fsp3) is 0.471. The molecule has 1 heterocycles. The molecule has 4 nitrogen and oxygen atoms in total. The normalized spacial score (nSPS) is 12.1. The first-order chi connectivity index (χ1) is 10.1. The molecule has 1 aromatic heterocycles. The van der Waals surface area contributed by atoms with E-state index in [9.17, 15) is 0 Å². The van der Waals surface area contributed by atoms with Crippen molar-refractivity contribution in [2.24, 2.45) is 4.99 Å². The number of guanidine groups is 1. The van der Waals surface area contributed by atoms with Gasteiger partial charge in [-0.25, -0.2) is 0 Å². The van der Waals surface area contributed by atoms with Crippen LogP contribution in [-0.2, 0) is 6.42 Å². The maximum absolute atomic E-state index is 4.63. The van der Waals surface area contributed by atoms with E-state index in [4.69, 9.17) is 0 Å². The molecule has 0 aliphatic rings. The highest BCUT2D eigenvalue weighted by Crippen LogP contribution is 2.19. The van der Waals surface area contributed by atoms with Crippen molar-refractivity contribution in [1.29, 1.82) is 0 Å². The second-order valence-electron chi connectivity index (χ2n) is 5.67. The van der Waals surface area contributed by atoms with Gasteiger partial charge in [0, 0.05) is 36.2 Å². The Morgan fingerprint density at radius 2 is 2.14 bits per heavy atom. The van der Waals surface area contributed by atoms with Crippen LogP contribution < -0.4 is 10.6 Å². The molecular formula is C17H26N4. The molecule has 2 aromatic rings. The second-order valence-corrected chi connectivity index (χ2v) is 5.67. The Balaban J connectivity index is 2.03. The average Bonchev–Trinajstić information content (AvgIpc) is 2.80. The van der Waals surface area contributed by atoms with Crippen molar-refractivity contribution in [2.45, 2.75) is 40.2 Å². The minimum absolute atomic E-state index is 0.388. The fourth-order valence-corrected chi connectivity index (χ4v) is 2.39. The lowest BCUT2D eigenvalue weighted by molar-refractivity contribution is 0.700. The Kier molecular flexibility index (Phi) is 5.26. The summed E-state index contributed by atoms with van der Waals surface area (Å²) >= 11 is 0. The zero-order chi connectivity index (χ0) is 15.2. The van der Waals surface area contributed by atoms with E-state index in [2.05, 4.69) is 72.7 Å². The number of H-pyrrole nitrogens is 1. The zero-order valence-electron chi connectivity index (χ0n) is 13.5. The van der Waals surface area contributed by atoms with Gasteiger partial charge in [-0.15, -0.1) is 0 Å². The van der Waals surface area contributed by atoms with E-state index in [1.54, 1.807) is 0 Å². The summed E-state index contributed by atoms with van der Waals surface area (Å²) in [5.74, 6) is 0.892. The van der Waals surface area contributed by atoms with Crippen LogP contribution in [-0.4, -0.2) is 30.1 Å². The minimum Gasteiger partial charge on any atom is -0.361 e. The summed E-state index contributed by atoms with van der Waals surface area (Å²) in [6, 6.07) is 6.93. The molecule has 3 N–H and O–H groups in total. The molecule has 114 valence electrons. The van der Waals surface area contributed by atoms with Crippen LogP contribution >= 0.6 is 0 Å². The monoisotopic (exact) mass is 286 g/mol. The van der Waals surface area contributed by atoms with Gasteiger partial charge in [-0.3, -0.25) is 4.99 Å².